The minimum atomic E-state index is -0.427. The highest BCUT2D eigenvalue weighted by atomic mass is 16.6. The standard InChI is InChI=1S/C16H33N3O2/c1-13(12-14-8-5-6-9-18-14)17-10-7-11-19-15(20)21-16(2,3)4/h13-14,17-18H,5-12H2,1-4H3,(H,19,20). The molecule has 0 aromatic carbocycles. The molecule has 5 heteroatoms. The van der Waals surface area contributed by atoms with E-state index in [9.17, 15) is 4.79 Å². The van der Waals surface area contributed by atoms with Gasteiger partial charge in [0.15, 0.2) is 0 Å². The van der Waals surface area contributed by atoms with Crippen LogP contribution in [0.5, 0.6) is 0 Å². The van der Waals surface area contributed by atoms with Gasteiger partial charge in [-0.15, -0.1) is 0 Å². The van der Waals surface area contributed by atoms with E-state index in [1.54, 1.807) is 0 Å². The van der Waals surface area contributed by atoms with Crippen molar-refractivity contribution in [3.63, 3.8) is 0 Å². The Morgan fingerprint density at radius 2 is 2.10 bits per heavy atom. The SMILES string of the molecule is CC(CC1CCCCN1)NCCCNC(=O)OC(C)(C)C. The van der Waals surface area contributed by atoms with Gasteiger partial charge in [-0.2, -0.15) is 0 Å². The van der Waals surface area contributed by atoms with Gasteiger partial charge in [-0.3, -0.25) is 0 Å². The lowest BCUT2D eigenvalue weighted by molar-refractivity contribution is 0.0527. The highest BCUT2D eigenvalue weighted by Gasteiger charge is 2.16. The number of carbonyl (C=O) groups excluding carboxylic acids is 1. The molecule has 0 radical (unpaired) electrons. The molecule has 1 aliphatic heterocycles. The van der Waals surface area contributed by atoms with Crippen molar-refractivity contribution in [2.45, 2.75) is 77.5 Å². The first kappa shape index (κ1) is 18.2. The predicted octanol–water partition coefficient (Wildman–Crippen LogP) is 2.41. The van der Waals surface area contributed by atoms with E-state index in [2.05, 4.69) is 22.9 Å². The normalized spacial score (nSPS) is 20.9. The highest BCUT2D eigenvalue weighted by Crippen LogP contribution is 2.11. The maximum Gasteiger partial charge on any atom is 0.407 e. The summed E-state index contributed by atoms with van der Waals surface area (Å²) in [4.78, 5) is 11.5. The Labute approximate surface area is 129 Å². The lowest BCUT2D eigenvalue weighted by Gasteiger charge is -2.26. The second-order valence-electron chi connectivity index (χ2n) is 7.02. The third kappa shape index (κ3) is 9.69. The van der Waals surface area contributed by atoms with Crippen LogP contribution in [0.25, 0.3) is 0 Å². The Balaban J connectivity index is 1.99. The van der Waals surface area contributed by atoms with Crippen LogP contribution in [-0.4, -0.2) is 43.4 Å². The van der Waals surface area contributed by atoms with Crippen LogP contribution in [-0.2, 0) is 4.74 Å². The lowest BCUT2D eigenvalue weighted by atomic mass is 9.99. The van der Waals surface area contributed by atoms with Crippen LogP contribution in [0.1, 0.15) is 59.8 Å². The molecule has 0 spiro atoms. The Morgan fingerprint density at radius 3 is 2.71 bits per heavy atom. The predicted molar refractivity (Wildman–Crippen MR) is 86.6 cm³/mol. The molecule has 1 heterocycles. The fourth-order valence-electron chi connectivity index (χ4n) is 2.58. The largest absolute Gasteiger partial charge is 0.444 e. The smallest absolute Gasteiger partial charge is 0.407 e. The van der Waals surface area contributed by atoms with Crippen molar-refractivity contribution in [3.8, 4) is 0 Å². The van der Waals surface area contributed by atoms with E-state index in [1.807, 2.05) is 20.8 Å². The number of piperidine rings is 1. The molecule has 1 fully saturated rings. The quantitative estimate of drug-likeness (QED) is 0.632. The average molecular weight is 299 g/mol. The zero-order chi connectivity index (χ0) is 15.7. The minimum absolute atomic E-state index is 0.332. The Kier molecular flexibility index (Phi) is 8.04. The maximum absolute atomic E-state index is 11.5. The van der Waals surface area contributed by atoms with E-state index in [4.69, 9.17) is 4.74 Å². The first-order valence-corrected chi connectivity index (χ1v) is 8.30. The van der Waals surface area contributed by atoms with Gasteiger partial charge in [0.1, 0.15) is 5.60 Å². The molecule has 0 aromatic heterocycles. The van der Waals surface area contributed by atoms with Gasteiger partial charge in [0.2, 0.25) is 0 Å². The highest BCUT2D eigenvalue weighted by molar-refractivity contribution is 5.67. The van der Waals surface area contributed by atoms with Gasteiger partial charge < -0.3 is 20.7 Å². The molecule has 1 aliphatic rings. The number of amides is 1. The molecule has 1 saturated heterocycles. The molecule has 0 bridgehead atoms. The number of hydrogen-bond donors (Lipinski definition) is 3. The number of hydrogen-bond acceptors (Lipinski definition) is 4. The number of rotatable bonds is 7. The Bertz CT molecular complexity index is 296. The molecular formula is C16H33N3O2. The number of nitrogens with one attached hydrogen (secondary N) is 3. The number of ether oxygens (including phenoxy) is 1. The van der Waals surface area contributed by atoms with Crippen LogP contribution in [0, 0.1) is 0 Å². The van der Waals surface area contributed by atoms with Crippen molar-refractivity contribution < 1.29 is 9.53 Å². The van der Waals surface area contributed by atoms with Crippen LogP contribution >= 0.6 is 0 Å². The van der Waals surface area contributed by atoms with Crippen molar-refractivity contribution in [3.05, 3.63) is 0 Å². The van der Waals surface area contributed by atoms with Crippen LogP contribution in [0.15, 0.2) is 0 Å². The fraction of sp³-hybridized carbons (Fsp3) is 0.938. The number of alkyl carbamates (subject to hydrolysis) is 1. The van der Waals surface area contributed by atoms with Gasteiger partial charge in [-0.25, -0.2) is 4.79 Å². The molecule has 0 aromatic rings. The third-order valence-electron chi connectivity index (χ3n) is 3.57. The van der Waals surface area contributed by atoms with E-state index in [0.29, 0.717) is 18.6 Å². The summed E-state index contributed by atoms with van der Waals surface area (Å²) in [6.45, 7) is 10.6. The summed E-state index contributed by atoms with van der Waals surface area (Å²) < 4.78 is 5.19. The summed E-state index contributed by atoms with van der Waals surface area (Å²) >= 11 is 0. The van der Waals surface area contributed by atoms with E-state index in [1.165, 1.54) is 25.7 Å². The summed E-state index contributed by atoms with van der Waals surface area (Å²) in [5, 5.41) is 9.88. The zero-order valence-electron chi connectivity index (χ0n) is 14.1. The van der Waals surface area contributed by atoms with E-state index >= 15 is 0 Å². The molecule has 5 nitrogen and oxygen atoms in total. The van der Waals surface area contributed by atoms with Crippen molar-refractivity contribution >= 4 is 6.09 Å². The Hall–Kier alpha value is -0.810. The second kappa shape index (κ2) is 9.26. The van der Waals surface area contributed by atoms with Gasteiger partial charge in [-0.1, -0.05) is 6.42 Å². The molecule has 2 atom stereocenters. The molecule has 21 heavy (non-hydrogen) atoms. The lowest BCUT2D eigenvalue weighted by Crippen LogP contribution is -2.40. The van der Waals surface area contributed by atoms with E-state index in [-0.39, 0.29) is 6.09 Å². The first-order chi connectivity index (χ1) is 9.87. The van der Waals surface area contributed by atoms with Gasteiger partial charge in [0.05, 0.1) is 0 Å². The van der Waals surface area contributed by atoms with Gasteiger partial charge >= 0.3 is 6.09 Å². The summed E-state index contributed by atoms with van der Waals surface area (Å²) in [5.41, 5.74) is -0.427. The van der Waals surface area contributed by atoms with E-state index < -0.39 is 5.60 Å². The third-order valence-corrected chi connectivity index (χ3v) is 3.57. The van der Waals surface area contributed by atoms with Crippen LogP contribution < -0.4 is 16.0 Å². The fourth-order valence-corrected chi connectivity index (χ4v) is 2.58. The zero-order valence-corrected chi connectivity index (χ0v) is 14.1. The van der Waals surface area contributed by atoms with Crippen molar-refractivity contribution in [2.24, 2.45) is 0 Å². The maximum atomic E-state index is 11.5. The summed E-state index contributed by atoms with van der Waals surface area (Å²) in [6, 6.07) is 1.18. The average Bonchev–Trinajstić information content (AvgIpc) is 2.37. The summed E-state index contributed by atoms with van der Waals surface area (Å²) in [5.74, 6) is 0. The molecule has 0 aliphatic carbocycles. The summed E-state index contributed by atoms with van der Waals surface area (Å²) in [7, 11) is 0. The Morgan fingerprint density at radius 1 is 1.33 bits per heavy atom. The molecule has 1 amide bonds. The molecule has 2 unspecified atom stereocenters. The topological polar surface area (TPSA) is 62.4 Å². The number of carbonyl (C=O) groups is 1. The van der Waals surface area contributed by atoms with Gasteiger partial charge in [0.25, 0.3) is 0 Å². The molecule has 0 saturated carbocycles. The first-order valence-electron chi connectivity index (χ1n) is 8.30. The molecule has 124 valence electrons. The van der Waals surface area contributed by atoms with E-state index in [0.717, 1.165) is 19.5 Å². The van der Waals surface area contributed by atoms with Crippen LogP contribution in [0.3, 0.4) is 0 Å². The molecular weight excluding hydrogens is 266 g/mol. The molecule has 1 rings (SSSR count). The van der Waals surface area contributed by atoms with Gasteiger partial charge in [0, 0.05) is 18.6 Å². The van der Waals surface area contributed by atoms with Crippen LogP contribution in [0.2, 0.25) is 0 Å². The van der Waals surface area contributed by atoms with Crippen molar-refractivity contribution in [1.82, 2.24) is 16.0 Å². The van der Waals surface area contributed by atoms with Crippen molar-refractivity contribution in [2.75, 3.05) is 19.6 Å². The second-order valence-corrected chi connectivity index (χ2v) is 7.02. The monoisotopic (exact) mass is 299 g/mol. The minimum Gasteiger partial charge on any atom is -0.444 e. The summed E-state index contributed by atoms with van der Waals surface area (Å²) in [6.07, 6.45) is 5.73. The van der Waals surface area contributed by atoms with Crippen molar-refractivity contribution in [1.29, 1.82) is 0 Å². The van der Waals surface area contributed by atoms with Crippen LogP contribution in [0.4, 0.5) is 4.79 Å². The molecule has 3 N–H and O–H groups in total. The van der Waals surface area contributed by atoms with Gasteiger partial charge in [-0.05, 0) is 66.5 Å².